The largest absolute Gasteiger partial charge is 0.385 e. The minimum absolute atomic E-state index is 0.593. The normalized spacial score (nSPS) is 10.7. The highest BCUT2D eigenvalue weighted by Gasteiger charge is 2.08. The molecule has 0 aliphatic rings. The molecule has 0 fully saturated rings. The summed E-state index contributed by atoms with van der Waals surface area (Å²) in [6, 6.07) is 6.64. The van der Waals surface area contributed by atoms with Crippen molar-refractivity contribution in [2.45, 2.75) is 46.5 Å². The van der Waals surface area contributed by atoms with Crippen LogP contribution >= 0.6 is 0 Å². The highest BCUT2D eigenvalue weighted by Crippen LogP contribution is 2.28. The van der Waals surface area contributed by atoms with Gasteiger partial charge in [-0.1, -0.05) is 45.9 Å². The summed E-state index contributed by atoms with van der Waals surface area (Å²) < 4.78 is 0. The Kier molecular flexibility index (Phi) is 4.67. The van der Waals surface area contributed by atoms with Gasteiger partial charge in [-0.25, -0.2) is 0 Å². The van der Waals surface area contributed by atoms with E-state index in [0.29, 0.717) is 5.92 Å². The Hall–Kier alpha value is -0.980. The van der Waals surface area contributed by atoms with Crippen molar-refractivity contribution in [2.24, 2.45) is 0 Å². The van der Waals surface area contributed by atoms with Gasteiger partial charge in [0.25, 0.3) is 0 Å². The molecule has 0 unspecified atom stereocenters. The molecule has 0 amide bonds. The van der Waals surface area contributed by atoms with Crippen LogP contribution in [0.15, 0.2) is 18.2 Å². The van der Waals surface area contributed by atoms with Crippen molar-refractivity contribution in [2.75, 3.05) is 11.9 Å². The van der Waals surface area contributed by atoms with E-state index in [9.17, 15) is 0 Å². The van der Waals surface area contributed by atoms with Crippen LogP contribution < -0.4 is 5.32 Å². The molecule has 15 heavy (non-hydrogen) atoms. The predicted molar refractivity (Wildman–Crippen MR) is 68.7 cm³/mol. The van der Waals surface area contributed by atoms with Crippen molar-refractivity contribution in [1.29, 1.82) is 0 Å². The molecule has 1 rings (SSSR count). The average Bonchev–Trinajstić information content (AvgIpc) is 2.25. The van der Waals surface area contributed by atoms with E-state index < -0.39 is 0 Å². The quantitative estimate of drug-likeness (QED) is 0.760. The SMILES string of the molecule is CCCNc1c(CC)cccc1C(C)C. The van der Waals surface area contributed by atoms with Crippen LogP contribution in [0.3, 0.4) is 0 Å². The molecule has 84 valence electrons. The molecule has 0 saturated carbocycles. The summed E-state index contributed by atoms with van der Waals surface area (Å²) in [5, 5.41) is 3.56. The predicted octanol–water partition coefficient (Wildman–Crippen LogP) is 4.19. The lowest BCUT2D eigenvalue weighted by Crippen LogP contribution is -2.07. The van der Waals surface area contributed by atoms with E-state index in [1.807, 2.05) is 0 Å². The van der Waals surface area contributed by atoms with Gasteiger partial charge in [-0.05, 0) is 29.9 Å². The van der Waals surface area contributed by atoms with Gasteiger partial charge >= 0.3 is 0 Å². The number of benzene rings is 1. The Balaban J connectivity index is 3.03. The molecule has 0 saturated heterocycles. The van der Waals surface area contributed by atoms with Crippen LogP contribution in [0, 0.1) is 0 Å². The summed E-state index contributed by atoms with van der Waals surface area (Å²) in [4.78, 5) is 0. The third-order valence-corrected chi connectivity index (χ3v) is 2.74. The van der Waals surface area contributed by atoms with Crippen molar-refractivity contribution < 1.29 is 0 Å². The molecule has 1 N–H and O–H groups in total. The highest BCUT2D eigenvalue weighted by atomic mass is 14.9. The van der Waals surface area contributed by atoms with Crippen molar-refractivity contribution in [1.82, 2.24) is 0 Å². The number of aryl methyl sites for hydroxylation is 1. The number of para-hydroxylation sites is 1. The van der Waals surface area contributed by atoms with E-state index in [-0.39, 0.29) is 0 Å². The standard InChI is InChI=1S/C14H23N/c1-5-10-15-14-12(6-2)8-7-9-13(14)11(3)4/h7-9,11,15H,5-6,10H2,1-4H3. The molecule has 0 aromatic heterocycles. The molecular formula is C14H23N. The second kappa shape index (κ2) is 5.79. The van der Waals surface area contributed by atoms with Crippen LogP contribution in [-0.2, 0) is 6.42 Å². The van der Waals surface area contributed by atoms with Gasteiger partial charge in [-0.15, -0.1) is 0 Å². The average molecular weight is 205 g/mol. The van der Waals surface area contributed by atoms with Gasteiger partial charge in [0.2, 0.25) is 0 Å². The Morgan fingerprint density at radius 2 is 1.93 bits per heavy atom. The monoisotopic (exact) mass is 205 g/mol. The molecule has 1 nitrogen and oxygen atoms in total. The van der Waals surface area contributed by atoms with Crippen molar-refractivity contribution in [3.05, 3.63) is 29.3 Å². The number of rotatable bonds is 5. The van der Waals surface area contributed by atoms with E-state index in [0.717, 1.165) is 13.0 Å². The summed E-state index contributed by atoms with van der Waals surface area (Å²) in [5.74, 6) is 0.593. The van der Waals surface area contributed by atoms with Gasteiger partial charge in [0, 0.05) is 12.2 Å². The summed E-state index contributed by atoms with van der Waals surface area (Å²) in [5.41, 5.74) is 4.26. The summed E-state index contributed by atoms with van der Waals surface area (Å²) in [6.07, 6.45) is 2.28. The maximum atomic E-state index is 3.56. The van der Waals surface area contributed by atoms with Crippen molar-refractivity contribution in [3.63, 3.8) is 0 Å². The minimum atomic E-state index is 0.593. The van der Waals surface area contributed by atoms with Crippen LogP contribution in [0.2, 0.25) is 0 Å². The van der Waals surface area contributed by atoms with Crippen molar-refractivity contribution >= 4 is 5.69 Å². The summed E-state index contributed by atoms with van der Waals surface area (Å²) in [6.45, 7) is 10.0. The summed E-state index contributed by atoms with van der Waals surface area (Å²) >= 11 is 0. The topological polar surface area (TPSA) is 12.0 Å². The third kappa shape index (κ3) is 2.98. The fourth-order valence-corrected chi connectivity index (χ4v) is 1.86. The van der Waals surface area contributed by atoms with Crippen LogP contribution in [-0.4, -0.2) is 6.54 Å². The fourth-order valence-electron chi connectivity index (χ4n) is 1.86. The molecule has 1 aromatic rings. The first-order chi connectivity index (χ1) is 7.20. The van der Waals surface area contributed by atoms with Gasteiger partial charge in [-0.3, -0.25) is 0 Å². The number of anilines is 1. The van der Waals surface area contributed by atoms with E-state index in [1.165, 1.54) is 23.2 Å². The van der Waals surface area contributed by atoms with Crippen LogP contribution in [0.5, 0.6) is 0 Å². The first kappa shape index (κ1) is 12.1. The first-order valence-electron chi connectivity index (χ1n) is 6.06. The second-order valence-corrected chi connectivity index (χ2v) is 4.32. The van der Waals surface area contributed by atoms with Gasteiger partial charge < -0.3 is 5.32 Å². The van der Waals surface area contributed by atoms with Crippen LogP contribution in [0.1, 0.15) is 51.2 Å². The molecule has 0 spiro atoms. The lowest BCUT2D eigenvalue weighted by atomic mass is 9.96. The molecule has 0 heterocycles. The van der Waals surface area contributed by atoms with E-state index in [4.69, 9.17) is 0 Å². The fraction of sp³-hybridized carbons (Fsp3) is 0.571. The van der Waals surface area contributed by atoms with Gasteiger partial charge in [0.15, 0.2) is 0 Å². The van der Waals surface area contributed by atoms with E-state index >= 15 is 0 Å². The zero-order chi connectivity index (χ0) is 11.3. The second-order valence-electron chi connectivity index (χ2n) is 4.32. The molecule has 0 aliphatic carbocycles. The third-order valence-electron chi connectivity index (χ3n) is 2.74. The lowest BCUT2D eigenvalue weighted by molar-refractivity contribution is 0.857. The van der Waals surface area contributed by atoms with E-state index in [2.05, 4.69) is 51.2 Å². The number of hydrogen-bond donors (Lipinski definition) is 1. The highest BCUT2D eigenvalue weighted by molar-refractivity contribution is 5.58. The van der Waals surface area contributed by atoms with Gasteiger partial charge in [0.05, 0.1) is 0 Å². The number of hydrogen-bond acceptors (Lipinski definition) is 1. The van der Waals surface area contributed by atoms with Gasteiger partial charge in [-0.2, -0.15) is 0 Å². The summed E-state index contributed by atoms with van der Waals surface area (Å²) in [7, 11) is 0. The molecular weight excluding hydrogens is 182 g/mol. The minimum Gasteiger partial charge on any atom is -0.385 e. The molecule has 0 bridgehead atoms. The Labute approximate surface area is 93.9 Å². The Bertz CT molecular complexity index is 302. The maximum absolute atomic E-state index is 3.56. The van der Waals surface area contributed by atoms with Crippen LogP contribution in [0.4, 0.5) is 5.69 Å². The van der Waals surface area contributed by atoms with Crippen LogP contribution in [0.25, 0.3) is 0 Å². The number of nitrogens with one attached hydrogen (secondary N) is 1. The molecule has 0 radical (unpaired) electrons. The Morgan fingerprint density at radius 1 is 1.20 bits per heavy atom. The van der Waals surface area contributed by atoms with Gasteiger partial charge in [0.1, 0.15) is 0 Å². The Morgan fingerprint density at radius 3 is 2.47 bits per heavy atom. The molecule has 0 atom stereocenters. The molecule has 0 aliphatic heterocycles. The maximum Gasteiger partial charge on any atom is 0.0407 e. The lowest BCUT2D eigenvalue weighted by Gasteiger charge is -2.17. The smallest absolute Gasteiger partial charge is 0.0407 e. The molecule has 1 aromatic carbocycles. The van der Waals surface area contributed by atoms with E-state index in [1.54, 1.807) is 0 Å². The zero-order valence-electron chi connectivity index (χ0n) is 10.4. The zero-order valence-corrected chi connectivity index (χ0v) is 10.4. The van der Waals surface area contributed by atoms with Crippen molar-refractivity contribution in [3.8, 4) is 0 Å². The molecule has 1 heteroatoms. The first-order valence-corrected chi connectivity index (χ1v) is 6.06.